The van der Waals surface area contributed by atoms with Gasteiger partial charge in [-0.15, -0.1) is 10.2 Å². The Morgan fingerprint density at radius 3 is 2.69 bits per heavy atom. The Labute approximate surface area is 191 Å². The number of fused-ring (bicyclic) bond motifs is 3. The number of para-hydroxylation sites is 1. The molecule has 0 radical (unpaired) electrons. The van der Waals surface area contributed by atoms with Crippen LogP contribution in [0.2, 0.25) is 0 Å². The van der Waals surface area contributed by atoms with Gasteiger partial charge in [-0.2, -0.15) is 4.98 Å². The lowest BCUT2D eigenvalue weighted by atomic mass is 10.1. The van der Waals surface area contributed by atoms with E-state index in [0.717, 1.165) is 28.3 Å². The standard InChI is InChI=1S/C25H22N4O2S/c1-16-10-12-17(13-11-16)15-32-25-27-24-22(28-29-25)20-8-3-4-9-21(20)26-23(31-24)18-6-5-7-19(14-18)30-2/h3-14,23,26H,15H2,1-2H3/t23-/m1/s1. The molecule has 32 heavy (non-hydrogen) atoms. The second-order valence-corrected chi connectivity index (χ2v) is 8.43. The first-order chi connectivity index (χ1) is 15.7. The first kappa shape index (κ1) is 20.3. The number of ether oxygens (including phenoxy) is 2. The summed E-state index contributed by atoms with van der Waals surface area (Å²) in [5, 5.41) is 12.9. The zero-order valence-corrected chi connectivity index (χ0v) is 18.6. The van der Waals surface area contributed by atoms with Crippen LogP contribution in [-0.2, 0) is 5.75 Å². The van der Waals surface area contributed by atoms with Crippen LogP contribution in [0.5, 0.6) is 11.6 Å². The molecule has 7 heteroatoms. The molecule has 6 nitrogen and oxygen atoms in total. The van der Waals surface area contributed by atoms with E-state index in [2.05, 4.69) is 46.7 Å². The van der Waals surface area contributed by atoms with Crippen LogP contribution in [0.25, 0.3) is 11.3 Å². The minimum atomic E-state index is -0.445. The Hall–Kier alpha value is -3.58. The van der Waals surface area contributed by atoms with Crippen LogP contribution < -0.4 is 14.8 Å². The number of thioether (sulfide) groups is 1. The van der Waals surface area contributed by atoms with Gasteiger partial charge in [-0.05, 0) is 30.7 Å². The molecule has 0 saturated carbocycles. The van der Waals surface area contributed by atoms with Gasteiger partial charge < -0.3 is 14.8 Å². The Bertz CT molecular complexity index is 1250. The Balaban J connectivity index is 1.48. The molecule has 0 spiro atoms. The molecule has 2 heterocycles. The lowest BCUT2D eigenvalue weighted by Crippen LogP contribution is -2.17. The number of aromatic nitrogens is 3. The average Bonchev–Trinajstić information content (AvgIpc) is 3.00. The van der Waals surface area contributed by atoms with Gasteiger partial charge >= 0.3 is 0 Å². The van der Waals surface area contributed by atoms with E-state index in [9.17, 15) is 0 Å². The molecule has 0 unspecified atom stereocenters. The van der Waals surface area contributed by atoms with Crippen molar-refractivity contribution in [3.63, 3.8) is 0 Å². The maximum absolute atomic E-state index is 6.34. The van der Waals surface area contributed by atoms with Gasteiger partial charge in [0.05, 0.1) is 7.11 Å². The highest BCUT2D eigenvalue weighted by molar-refractivity contribution is 7.98. The number of nitrogens with zero attached hydrogens (tertiary/aromatic N) is 3. The summed E-state index contributed by atoms with van der Waals surface area (Å²) in [4.78, 5) is 4.72. The quantitative estimate of drug-likeness (QED) is 0.401. The van der Waals surface area contributed by atoms with Crippen molar-refractivity contribution in [2.75, 3.05) is 12.4 Å². The zero-order valence-electron chi connectivity index (χ0n) is 17.8. The molecule has 5 rings (SSSR count). The number of benzene rings is 3. The zero-order chi connectivity index (χ0) is 21.9. The maximum Gasteiger partial charge on any atom is 0.247 e. The van der Waals surface area contributed by atoms with Crippen LogP contribution in [0.15, 0.2) is 78.0 Å². The molecular formula is C25H22N4O2S. The molecule has 1 aliphatic rings. The Morgan fingerprint density at radius 2 is 1.84 bits per heavy atom. The number of nitrogens with one attached hydrogen (secondary N) is 1. The summed E-state index contributed by atoms with van der Waals surface area (Å²) in [6.45, 7) is 2.08. The van der Waals surface area contributed by atoms with Crippen molar-refractivity contribution in [2.24, 2.45) is 0 Å². The highest BCUT2D eigenvalue weighted by Gasteiger charge is 2.26. The lowest BCUT2D eigenvalue weighted by Gasteiger charge is -2.19. The molecule has 1 atom stereocenters. The van der Waals surface area contributed by atoms with Crippen molar-refractivity contribution in [1.82, 2.24) is 15.2 Å². The first-order valence-corrected chi connectivity index (χ1v) is 11.3. The van der Waals surface area contributed by atoms with Gasteiger partial charge in [0.15, 0.2) is 11.9 Å². The normalized spacial score (nSPS) is 14.4. The SMILES string of the molecule is COc1cccc([C@@H]2Nc3ccccc3-c3nnc(SCc4ccc(C)cc4)nc3O2)c1. The van der Waals surface area contributed by atoms with Crippen molar-refractivity contribution in [2.45, 2.75) is 24.1 Å². The Kier molecular flexibility index (Phi) is 5.64. The van der Waals surface area contributed by atoms with Crippen LogP contribution in [0.1, 0.15) is 22.9 Å². The number of hydrogen-bond donors (Lipinski definition) is 1. The van der Waals surface area contributed by atoms with Crippen molar-refractivity contribution < 1.29 is 9.47 Å². The molecule has 1 N–H and O–H groups in total. The van der Waals surface area contributed by atoms with Gasteiger partial charge in [0.2, 0.25) is 11.0 Å². The molecule has 1 aromatic heterocycles. The highest BCUT2D eigenvalue weighted by Crippen LogP contribution is 2.40. The summed E-state index contributed by atoms with van der Waals surface area (Å²) >= 11 is 1.54. The molecule has 0 fully saturated rings. The van der Waals surface area contributed by atoms with Crippen LogP contribution in [0, 0.1) is 6.92 Å². The van der Waals surface area contributed by atoms with Gasteiger partial charge in [-0.25, -0.2) is 0 Å². The van der Waals surface area contributed by atoms with Crippen LogP contribution in [0.3, 0.4) is 0 Å². The highest BCUT2D eigenvalue weighted by atomic mass is 32.2. The largest absolute Gasteiger partial charge is 0.497 e. The molecule has 4 aromatic rings. The molecule has 0 saturated heterocycles. The summed E-state index contributed by atoms with van der Waals surface area (Å²) < 4.78 is 11.7. The van der Waals surface area contributed by atoms with E-state index >= 15 is 0 Å². The van der Waals surface area contributed by atoms with Gasteiger partial charge in [0, 0.05) is 22.6 Å². The van der Waals surface area contributed by atoms with Crippen LogP contribution >= 0.6 is 11.8 Å². The summed E-state index contributed by atoms with van der Waals surface area (Å²) in [6, 6.07) is 24.2. The van der Waals surface area contributed by atoms with Crippen molar-refractivity contribution in [1.29, 1.82) is 0 Å². The van der Waals surface area contributed by atoms with Crippen molar-refractivity contribution in [3.05, 3.63) is 89.5 Å². The second kappa shape index (κ2) is 8.88. The van der Waals surface area contributed by atoms with E-state index in [0.29, 0.717) is 16.7 Å². The third kappa shape index (κ3) is 4.24. The molecule has 0 bridgehead atoms. The first-order valence-electron chi connectivity index (χ1n) is 10.3. The van der Waals surface area contributed by atoms with Crippen molar-refractivity contribution in [3.8, 4) is 22.9 Å². The molecule has 3 aromatic carbocycles. The third-order valence-electron chi connectivity index (χ3n) is 5.22. The smallest absolute Gasteiger partial charge is 0.247 e. The maximum atomic E-state index is 6.34. The number of methoxy groups -OCH3 is 1. The molecular weight excluding hydrogens is 420 g/mol. The number of aryl methyl sites for hydroxylation is 1. The number of hydrogen-bond acceptors (Lipinski definition) is 7. The van der Waals surface area contributed by atoms with E-state index in [-0.39, 0.29) is 0 Å². The van der Waals surface area contributed by atoms with Gasteiger partial charge in [-0.3, -0.25) is 0 Å². The topological polar surface area (TPSA) is 69.2 Å². The minimum Gasteiger partial charge on any atom is -0.497 e. The minimum absolute atomic E-state index is 0.445. The monoisotopic (exact) mass is 442 g/mol. The van der Waals surface area contributed by atoms with E-state index < -0.39 is 6.23 Å². The summed E-state index contributed by atoms with van der Waals surface area (Å²) in [7, 11) is 1.65. The van der Waals surface area contributed by atoms with E-state index in [1.54, 1.807) is 7.11 Å². The lowest BCUT2D eigenvalue weighted by molar-refractivity contribution is 0.224. The molecule has 0 amide bonds. The fourth-order valence-electron chi connectivity index (χ4n) is 3.50. The van der Waals surface area contributed by atoms with Crippen molar-refractivity contribution >= 4 is 17.4 Å². The summed E-state index contributed by atoms with van der Waals surface area (Å²) in [5.74, 6) is 1.98. The van der Waals surface area contributed by atoms with Crippen LogP contribution in [0.4, 0.5) is 5.69 Å². The van der Waals surface area contributed by atoms with Gasteiger partial charge in [0.25, 0.3) is 0 Å². The average molecular weight is 443 g/mol. The predicted molar refractivity (Wildman–Crippen MR) is 126 cm³/mol. The van der Waals surface area contributed by atoms with E-state index in [1.165, 1.54) is 22.9 Å². The molecule has 1 aliphatic heterocycles. The van der Waals surface area contributed by atoms with Gasteiger partial charge in [-0.1, -0.05) is 71.9 Å². The predicted octanol–water partition coefficient (Wildman–Crippen LogP) is 5.65. The second-order valence-electron chi connectivity index (χ2n) is 7.49. The molecule has 160 valence electrons. The van der Waals surface area contributed by atoms with E-state index in [1.807, 2.05) is 48.5 Å². The summed E-state index contributed by atoms with van der Waals surface area (Å²) in [5.41, 5.74) is 5.82. The van der Waals surface area contributed by atoms with Crippen LogP contribution in [-0.4, -0.2) is 22.3 Å². The fraction of sp³-hybridized carbons (Fsp3) is 0.160. The Morgan fingerprint density at radius 1 is 1.00 bits per heavy atom. The summed E-state index contributed by atoms with van der Waals surface area (Å²) in [6.07, 6.45) is -0.445. The fourth-order valence-corrected chi connectivity index (χ4v) is 4.23. The van der Waals surface area contributed by atoms with E-state index in [4.69, 9.17) is 14.5 Å². The number of rotatable bonds is 5. The number of anilines is 1. The third-order valence-corrected chi connectivity index (χ3v) is 6.13. The molecule has 0 aliphatic carbocycles. The van der Waals surface area contributed by atoms with Gasteiger partial charge in [0.1, 0.15) is 5.75 Å².